The maximum absolute atomic E-state index is 12.2. The molecule has 0 unspecified atom stereocenters. The van der Waals surface area contributed by atoms with Crippen LogP contribution in [0.15, 0.2) is 48.5 Å². The lowest BCUT2D eigenvalue weighted by Gasteiger charge is -2.13. The minimum absolute atomic E-state index is 0.169. The van der Waals surface area contributed by atoms with Gasteiger partial charge in [0.25, 0.3) is 11.8 Å². The highest BCUT2D eigenvalue weighted by molar-refractivity contribution is 6.21. The molecule has 3 rings (SSSR count). The Balaban J connectivity index is 1.46. The van der Waals surface area contributed by atoms with Crippen LogP contribution in [0.5, 0.6) is 0 Å². The summed E-state index contributed by atoms with van der Waals surface area (Å²) in [6.07, 6.45) is 1.70. The molecule has 23 heavy (non-hydrogen) atoms. The van der Waals surface area contributed by atoms with Crippen molar-refractivity contribution in [1.29, 1.82) is 0 Å². The van der Waals surface area contributed by atoms with Crippen LogP contribution >= 0.6 is 0 Å². The third-order valence-electron chi connectivity index (χ3n) is 4.07. The molecule has 118 valence electrons. The summed E-state index contributed by atoms with van der Waals surface area (Å²) in [5, 5.41) is 3.35. The minimum atomic E-state index is -0.169. The molecule has 1 N–H and O–H groups in total. The number of aryl methyl sites for hydroxylation is 1. The molecule has 4 nitrogen and oxygen atoms in total. The lowest BCUT2D eigenvalue weighted by Crippen LogP contribution is -2.30. The second kappa shape index (κ2) is 6.65. The van der Waals surface area contributed by atoms with Gasteiger partial charge in [0.1, 0.15) is 0 Å². The predicted octanol–water partition coefficient (Wildman–Crippen LogP) is 3.48. The number of hydrogen-bond acceptors (Lipinski definition) is 3. The first-order chi connectivity index (χ1) is 11.2. The second-order valence-electron chi connectivity index (χ2n) is 5.81. The SMILES string of the molecule is Cc1ccc(NCCCCN2C(=O)c3ccccc3C2=O)cc1. The molecule has 0 fully saturated rings. The zero-order valence-electron chi connectivity index (χ0n) is 13.2. The van der Waals surface area contributed by atoms with E-state index in [1.54, 1.807) is 24.3 Å². The van der Waals surface area contributed by atoms with Crippen LogP contribution in [0.1, 0.15) is 39.1 Å². The molecule has 1 heterocycles. The van der Waals surface area contributed by atoms with Gasteiger partial charge in [-0.15, -0.1) is 0 Å². The second-order valence-corrected chi connectivity index (χ2v) is 5.81. The van der Waals surface area contributed by atoms with E-state index in [0.717, 1.165) is 25.1 Å². The van der Waals surface area contributed by atoms with E-state index < -0.39 is 0 Å². The molecular weight excluding hydrogens is 288 g/mol. The summed E-state index contributed by atoms with van der Waals surface area (Å²) in [6.45, 7) is 3.36. The maximum atomic E-state index is 12.2. The minimum Gasteiger partial charge on any atom is -0.385 e. The summed E-state index contributed by atoms with van der Waals surface area (Å²) in [5.41, 5.74) is 3.38. The average Bonchev–Trinajstić information content (AvgIpc) is 2.81. The van der Waals surface area contributed by atoms with Gasteiger partial charge in [-0.3, -0.25) is 14.5 Å². The number of benzene rings is 2. The largest absolute Gasteiger partial charge is 0.385 e. The fraction of sp³-hybridized carbons (Fsp3) is 0.263. The quantitative estimate of drug-likeness (QED) is 0.656. The Hall–Kier alpha value is -2.62. The topological polar surface area (TPSA) is 49.4 Å². The lowest BCUT2D eigenvalue weighted by molar-refractivity contribution is 0.0652. The van der Waals surface area contributed by atoms with Crippen molar-refractivity contribution in [2.45, 2.75) is 19.8 Å². The van der Waals surface area contributed by atoms with Crippen molar-refractivity contribution >= 4 is 17.5 Å². The molecule has 2 aromatic carbocycles. The summed E-state index contributed by atoms with van der Waals surface area (Å²) in [7, 11) is 0. The first kappa shape index (κ1) is 15.3. The Labute approximate surface area is 136 Å². The van der Waals surface area contributed by atoms with Gasteiger partial charge in [-0.2, -0.15) is 0 Å². The van der Waals surface area contributed by atoms with Crippen LogP contribution < -0.4 is 5.32 Å². The number of anilines is 1. The van der Waals surface area contributed by atoms with Gasteiger partial charge in [-0.25, -0.2) is 0 Å². The summed E-state index contributed by atoms with van der Waals surface area (Å²) in [6, 6.07) is 15.3. The first-order valence-corrected chi connectivity index (χ1v) is 7.92. The van der Waals surface area contributed by atoms with Crippen LogP contribution in [0.2, 0.25) is 0 Å². The zero-order valence-corrected chi connectivity index (χ0v) is 13.2. The molecule has 0 atom stereocenters. The fourth-order valence-corrected chi connectivity index (χ4v) is 2.74. The Morgan fingerprint density at radius 1 is 0.870 bits per heavy atom. The monoisotopic (exact) mass is 308 g/mol. The van der Waals surface area contributed by atoms with E-state index in [2.05, 4.69) is 36.5 Å². The van der Waals surface area contributed by atoms with Gasteiger partial charge in [0, 0.05) is 18.8 Å². The highest BCUT2D eigenvalue weighted by Gasteiger charge is 2.34. The van der Waals surface area contributed by atoms with E-state index in [-0.39, 0.29) is 11.8 Å². The van der Waals surface area contributed by atoms with Crippen LogP contribution in [0, 0.1) is 6.92 Å². The Kier molecular flexibility index (Phi) is 4.42. The van der Waals surface area contributed by atoms with Gasteiger partial charge in [0.2, 0.25) is 0 Å². The molecular formula is C19H20N2O2. The van der Waals surface area contributed by atoms with Crippen LogP contribution in [-0.4, -0.2) is 29.8 Å². The first-order valence-electron chi connectivity index (χ1n) is 7.92. The van der Waals surface area contributed by atoms with Crippen LogP contribution in [0.25, 0.3) is 0 Å². The van der Waals surface area contributed by atoms with Crippen molar-refractivity contribution in [1.82, 2.24) is 4.90 Å². The molecule has 2 aromatic rings. The van der Waals surface area contributed by atoms with Gasteiger partial charge in [-0.1, -0.05) is 29.8 Å². The number of imide groups is 1. The van der Waals surface area contributed by atoms with E-state index >= 15 is 0 Å². The third-order valence-corrected chi connectivity index (χ3v) is 4.07. The lowest BCUT2D eigenvalue weighted by atomic mass is 10.1. The van der Waals surface area contributed by atoms with Gasteiger partial charge >= 0.3 is 0 Å². The zero-order chi connectivity index (χ0) is 16.2. The number of carbonyl (C=O) groups excluding carboxylic acids is 2. The maximum Gasteiger partial charge on any atom is 0.261 e. The van der Waals surface area contributed by atoms with E-state index in [4.69, 9.17) is 0 Å². The molecule has 4 heteroatoms. The van der Waals surface area contributed by atoms with Crippen molar-refractivity contribution in [3.8, 4) is 0 Å². The summed E-state index contributed by atoms with van der Waals surface area (Å²) < 4.78 is 0. The number of nitrogens with one attached hydrogen (secondary N) is 1. The van der Waals surface area contributed by atoms with Crippen molar-refractivity contribution in [3.63, 3.8) is 0 Å². The van der Waals surface area contributed by atoms with Crippen molar-refractivity contribution in [2.75, 3.05) is 18.4 Å². The summed E-state index contributed by atoms with van der Waals surface area (Å²) >= 11 is 0. The number of unbranched alkanes of at least 4 members (excludes halogenated alkanes) is 1. The standard InChI is InChI=1S/C19H20N2O2/c1-14-8-10-15(11-9-14)20-12-4-5-13-21-18(22)16-6-2-3-7-17(16)19(21)23/h2-3,6-11,20H,4-5,12-13H2,1H3. The normalized spacial score (nSPS) is 13.3. The molecule has 0 bridgehead atoms. The van der Waals surface area contributed by atoms with Crippen LogP contribution in [0.4, 0.5) is 5.69 Å². The van der Waals surface area contributed by atoms with Crippen LogP contribution in [-0.2, 0) is 0 Å². The van der Waals surface area contributed by atoms with Gasteiger partial charge in [-0.05, 0) is 44.0 Å². The fourth-order valence-electron chi connectivity index (χ4n) is 2.74. The highest BCUT2D eigenvalue weighted by atomic mass is 16.2. The molecule has 1 aliphatic rings. The smallest absolute Gasteiger partial charge is 0.261 e. The van der Waals surface area contributed by atoms with Gasteiger partial charge in [0.05, 0.1) is 11.1 Å². The molecule has 0 saturated heterocycles. The Bertz CT molecular complexity index is 687. The molecule has 2 amide bonds. The van der Waals surface area contributed by atoms with E-state index in [0.29, 0.717) is 17.7 Å². The number of fused-ring (bicyclic) bond motifs is 1. The predicted molar refractivity (Wildman–Crippen MR) is 90.7 cm³/mol. The Morgan fingerprint density at radius 3 is 2.09 bits per heavy atom. The number of amides is 2. The van der Waals surface area contributed by atoms with Gasteiger partial charge < -0.3 is 5.32 Å². The Morgan fingerprint density at radius 2 is 1.48 bits per heavy atom. The van der Waals surface area contributed by atoms with Gasteiger partial charge in [0.15, 0.2) is 0 Å². The summed E-state index contributed by atoms with van der Waals surface area (Å²) in [4.78, 5) is 25.8. The van der Waals surface area contributed by atoms with Crippen molar-refractivity contribution in [3.05, 3.63) is 65.2 Å². The highest BCUT2D eigenvalue weighted by Crippen LogP contribution is 2.22. The van der Waals surface area contributed by atoms with Crippen molar-refractivity contribution < 1.29 is 9.59 Å². The third kappa shape index (κ3) is 3.26. The number of rotatable bonds is 6. The number of nitrogens with zero attached hydrogens (tertiary/aromatic N) is 1. The molecule has 0 aromatic heterocycles. The summed E-state index contributed by atoms with van der Waals surface area (Å²) in [5.74, 6) is -0.339. The van der Waals surface area contributed by atoms with E-state index in [1.165, 1.54) is 10.5 Å². The average molecular weight is 308 g/mol. The molecule has 0 radical (unpaired) electrons. The van der Waals surface area contributed by atoms with E-state index in [9.17, 15) is 9.59 Å². The number of carbonyl (C=O) groups is 2. The molecule has 1 aliphatic heterocycles. The van der Waals surface area contributed by atoms with Crippen LogP contribution in [0.3, 0.4) is 0 Å². The number of hydrogen-bond donors (Lipinski definition) is 1. The van der Waals surface area contributed by atoms with E-state index in [1.807, 2.05) is 0 Å². The molecule has 0 spiro atoms. The molecule has 0 aliphatic carbocycles. The molecule has 0 saturated carbocycles. The van der Waals surface area contributed by atoms with Crippen molar-refractivity contribution in [2.24, 2.45) is 0 Å².